The number of hydrazine groups is 1. The van der Waals surface area contributed by atoms with Crippen molar-refractivity contribution < 1.29 is 4.79 Å². The molecule has 27 heavy (non-hydrogen) atoms. The van der Waals surface area contributed by atoms with Crippen molar-refractivity contribution >= 4 is 72.0 Å². The van der Waals surface area contributed by atoms with Crippen LogP contribution in [-0.4, -0.2) is 16.2 Å². The van der Waals surface area contributed by atoms with Crippen LogP contribution in [0.4, 0.5) is 26.4 Å². The van der Waals surface area contributed by atoms with Crippen molar-refractivity contribution in [2.75, 3.05) is 16.1 Å². The van der Waals surface area contributed by atoms with E-state index in [1.807, 2.05) is 47.8 Å². The van der Waals surface area contributed by atoms with Crippen molar-refractivity contribution in [1.29, 1.82) is 0 Å². The predicted molar refractivity (Wildman–Crippen MR) is 112 cm³/mol. The zero-order valence-electron chi connectivity index (χ0n) is 13.7. The van der Waals surface area contributed by atoms with Crippen LogP contribution in [0.25, 0.3) is 10.1 Å². The maximum atomic E-state index is 12.0. The van der Waals surface area contributed by atoms with E-state index in [9.17, 15) is 4.79 Å². The fourth-order valence-electron chi connectivity index (χ4n) is 2.31. The first-order valence-electron chi connectivity index (χ1n) is 7.83. The molecular weight excluding hydrogens is 404 g/mol. The summed E-state index contributed by atoms with van der Waals surface area (Å²) in [5.74, 6) is 0. The second kappa shape index (κ2) is 7.78. The highest BCUT2D eigenvalue weighted by Gasteiger charge is 2.08. The number of aromatic nitrogens is 2. The number of nitrogens with zero attached hydrogens (tertiary/aromatic N) is 2. The average molecular weight is 417 g/mol. The standard InChI is InChI=1S/C17H13ClN6OS2/c18-12-3-1-2-4-13(12)20-16-22-24-17(27-16)23-21-15(25)19-11-6-5-10-7-8-26-14(10)9-11/h1-9H,(H,20,22)(H,23,24)(H2,19,21,25). The number of anilines is 4. The molecule has 7 nitrogen and oxygen atoms in total. The van der Waals surface area contributed by atoms with Gasteiger partial charge in [0.2, 0.25) is 10.3 Å². The minimum Gasteiger partial charge on any atom is -0.329 e. The van der Waals surface area contributed by atoms with Crippen LogP contribution in [0.5, 0.6) is 0 Å². The highest BCUT2D eigenvalue weighted by Crippen LogP contribution is 2.28. The summed E-state index contributed by atoms with van der Waals surface area (Å²) in [5.41, 5.74) is 6.71. The van der Waals surface area contributed by atoms with Crippen LogP contribution >= 0.6 is 34.3 Å². The molecule has 2 amide bonds. The number of thiophene rings is 1. The minimum absolute atomic E-state index is 0.401. The van der Waals surface area contributed by atoms with Gasteiger partial charge in [0.15, 0.2) is 0 Å². The molecule has 2 aromatic heterocycles. The van der Waals surface area contributed by atoms with E-state index < -0.39 is 6.03 Å². The van der Waals surface area contributed by atoms with Gasteiger partial charge < -0.3 is 10.6 Å². The van der Waals surface area contributed by atoms with E-state index in [0.717, 1.165) is 15.8 Å². The Kier molecular flexibility index (Phi) is 5.05. The van der Waals surface area contributed by atoms with E-state index in [4.69, 9.17) is 11.6 Å². The normalized spacial score (nSPS) is 10.6. The Bertz CT molecular complexity index is 1100. The first-order chi connectivity index (χ1) is 13.2. The third kappa shape index (κ3) is 4.27. The van der Waals surface area contributed by atoms with Gasteiger partial charge in [-0.15, -0.1) is 21.5 Å². The molecule has 2 aromatic carbocycles. The third-order valence-electron chi connectivity index (χ3n) is 3.54. The van der Waals surface area contributed by atoms with Crippen molar-refractivity contribution in [1.82, 2.24) is 15.6 Å². The van der Waals surface area contributed by atoms with E-state index in [-0.39, 0.29) is 0 Å². The summed E-state index contributed by atoms with van der Waals surface area (Å²) in [6.45, 7) is 0. The van der Waals surface area contributed by atoms with Crippen molar-refractivity contribution in [3.8, 4) is 0 Å². The van der Waals surface area contributed by atoms with E-state index in [0.29, 0.717) is 21.0 Å². The molecule has 2 heterocycles. The van der Waals surface area contributed by atoms with Crippen LogP contribution in [0.15, 0.2) is 53.9 Å². The molecule has 10 heteroatoms. The van der Waals surface area contributed by atoms with E-state index in [2.05, 4.69) is 31.7 Å². The quantitative estimate of drug-likeness (QED) is 0.331. The van der Waals surface area contributed by atoms with Crippen LogP contribution in [0.2, 0.25) is 5.02 Å². The Morgan fingerprint density at radius 2 is 1.89 bits per heavy atom. The number of rotatable bonds is 5. The summed E-state index contributed by atoms with van der Waals surface area (Å²) in [4.78, 5) is 12.0. The van der Waals surface area contributed by atoms with Gasteiger partial charge in [-0.1, -0.05) is 41.1 Å². The third-order valence-corrected chi connectivity index (χ3v) is 5.50. The summed E-state index contributed by atoms with van der Waals surface area (Å²) in [6.07, 6.45) is 0. The minimum atomic E-state index is -0.401. The van der Waals surface area contributed by atoms with Crippen LogP contribution < -0.4 is 21.5 Å². The number of nitrogens with one attached hydrogen (secondary N) is 4. The SMILES string of the molecule is O=C(NNc1nnc(Nc2ccccc2Cl)s1)Nc1ccc2ccsc2c1. The van der Waals surface area contributed by atoms with E-state index >= 15 is 0 Å². The lowest BCUT2D eigenvalue weighted by Crippen LogP contribution is -2.33. The van der Waals surface area contributed by atoms with Crippen LogP contribution in [0.1, 0.15) is 0 Å². The Balaban J connectivity index is 1.32. The maximum Gasteiger partial charge on any atom is 0.337 e. The number of halogens is 1. The molecule has 0 saturated carbocycles. The molecule has 4 aromatic rings. The lowest BCUT2D eigenvalue weighted by molar-refractivity contribution is 0.254. The second-order valence-electron chi connectivity index (χ2n) is 5.39. The summed E-state index contributed by atoms with van der Waals surface area (Å²) >= 11 is 8.97. The van der Waals surface area contributed by atoms with Gasteiger partial charge in [0.1, 0.15) is 0 Å². The fourth-order valence-corrected chi connectivity index (χ4v) is 3.93. The number of benzene rings is 2. The predicted octanol–water partition coefficient (Wildman–Crippen LogP) is 5.30. The smallest absolute Gasteiger partial charge is 0.329 e. The Morgan fingerprint density at radius 3 is 2.78 bits per heavy atom. The molecule has 136 valence electrons. The first-order valence-corrected chi connectivity index (χ1v) is 9.90. The molecule has 0 aliphatic carbocycles. The van der Waals surface area contributed by atoms with Crippen LogP contribution in [0.3, 0.4) is 0 Å². The highest BCUT2D eigenvalue weighted by molar-refractivity contribution is 7.19. The van der Waals surface area contributed by atoms with Crippen LogP contribution in [-0.2, 0) is 0 Å². The maximum absolute atomic E-state index is 12.0. The summed E-state index contributed by atoms with van der Waals surface area (Å²) in [5, 5.41) is 18.6. The zero-order chi connectivity index (χ0) is 18.6. The molecule has 0 spiro atoms. The topological polar surface area (TPSA) is 91.0 Å². The first kappa shape index (κ1) is 17.5. The number of urea groups is 1. The van der Waals surface area contributed by atoms with Gasteiger partial charge >= 0.3 is 6.03 Å². The van der Waals surface area contributed by atoms with E-state index in [1.165, 1.54) is 11.3 Å². The molecule has 0 saturated heterocycles. The Hall–Kier alpha value is -2.88. The zero-order valence-corrected chi connectivity index (χ0v) is 16.1. The summed E-state index contributed by atoms with van der Waals surface area (Å²) in [6, 6.07) is 14.7. The molecule has 0 aliphatic rings. The number of para-hydroxylation sites is 1. The molecule has 0 radical (unpaired) electrons. The molecule has 0 atom stereocenters. The fraction of sp³-hybridized carbons (Fsp3) is 0. The van der Waals surface area contributed by atoms with Gasteiger partial charge in [-0.05, 0) is 41.1 Å². The largest absolute Gasteiger partial charge is 0.337 e. The highest BCUT2D eigenvalue weighted by atomic mass is 35.5. The van der Waals surface area contributed by atoms with Crippen molar-refractivity contribution in [2.45, 2.75) is 0 Å². The van der Waals surface area contributed by atoms with Crippen molar-refractivity contribution in [3.05, 3.63) is 58.9 Å². The number of amides is 2. The van der Waals surface area contributed by atoms with Gasteiger partial charge in [0.05, 0.1) is 10.7 Å². The number of carbonyl (C=O) groups excluding carboxylic acids is 1. The molecule has 4 rings (SSSR count). The van der Waals surface area contributed by atoms with Gasteiger partial charge in [-0.2, -0.15) is 0 Å². The van der Waals surface area contributed by atoms with Crippen LogP contribution in [0, 0.1) is 0 Å². The lowest BCUT2D eigenvalue weighted by Gasteiger charge is -2.07. The molecule has 0 fully saturated rings. The molecule has 0 aliphatic heterocycles. The molecule has 0 unspecified atom stereocenters. The van der Waals surface area contributed by atoms with Gasteiger partial charge in [0, 0.05) is 10.4 Å². The second-order valence-corrected chi connectivity index (χ2v) is 7.73. The molecule has 0 bridgehead atoms. The van der Waals surface area contributed by atoms with Crippen molar-refractivity contribution in [2.24, 2.45) is 0 Å². The Labute approximate surface area is 167 Å². The lowest BCUT2D eigenvalue weighted by atomic mass is 10.2. The van der Waals surface area contributed by atoms with Gasteiger partial charge in [-0.25, -0.2) is 10.2 Å². The molecular formula is C17H13ClN6OS2. The monoisotopic (exact) mass is 416 g/mol. The average Bonchev–Trinajstić information content (AvgIpc) is 3.31. The van der Waals surface area contributed by atoms with Gasteiger partial charge in [0.25, 0.3) is 0 Å². The number of fused-ring (bicyclic) bond motifs is 1. The van der Waals surface area contributed by atoms with E-state index in [1.54, 1.807) is 17.4 Å². The number of hydrogen-bond acceptors (Lipinski definition) is 7. The van der Waals surface area contributed by atoms with Crippen molar-refractivity contribution in [3.63, 3.8) is 0 Å². The summed E-state index contributed by atoms with van der Waals surface area (Å²) in [7, 11) is 0. The molecule has 4 N–H and O–H groups in total. The number of carbonyl (C=O) groups is 1. The van der Waals surface area contributed by atoms with Gasteiger partial charge in [-0.3, -0.25) is 5.43 Å². The summed E-state index contributed by atoms with van der Waals surface area (Å²) < 4.78 is 1.11. The Morgan fingerprint density at radius 1 is 1.04 bits per heavy atom. The number of hydrogen-bond donors (Lipinski definition) is 4.